The number of thiol groups is 1. The highest BCUT2D eigenvalue weighted by Crippen LogP contribution is 2.37. The summed E-state index contributed by atoms with van der Waals surface area (Å²) in [7, 11) is 0. The van der Waals surface area contributed by atoms with Crippen molar-refractivity contribution in [3.05, 3.63) is 69.8 Å². The predicted molar refractivity (Wildman–Crippen MR) is 114 cm³/mol. The zero-order valence-corrected chi connectivity index (χ0v) is 17.0. The third-order valence-corrected chi connectivity index (χ3v) is 5.49. The topological polar surface area (TPSA) is 150 Å². The van der Waals surface area contributed by atoms with E-state index in [9.17, 15) is 29.6 Å². The van der Waals surface area contributed by atoms with E-state index in [0.717, 1.165) is 4.90 Å². The van der Waals surface area contributed by atoms with Gasteiger partial charge in [0.2, 0.25) is 0 Å². The molecule has 1 aliphatic rings. The SMILES string of the molecule is O=C(O)c1cccc(NC(=O)[C@]2(Cc3ccc([N+](=O)[O-])cc3)C[C@H](S)CN2C(=O)O)c1. The summed E-state index contributed by atoms with van der Waals surface area (Å²) < 4.78 is 0. The van der Waals surface area contributed by atoms with Crippen LogP contribution >= 0.6 is 12.6 Å². The Bertz CT molecular complexity index is 1040. The number of nitro benzene ring substituents is 1. The average molecular weight is 445 g/mol. The minimum absolute atomic E-state index is 0.0218. The van der Waals surface area contributed by atoms with E-state index in [1.807, 2.05) is 0 Å². The van der Waals surface area contributed by atoms with Gasteiger partial charge in [0.15, 0.2) is 0 Å². The lowest BCUT2D eigenvalue weighted by atomic mass is 9.86. The summed E-state index contributed by atoms with van der Waals surface area (Å²) in [5.41, 5.74) is -0.931. The Morgan fingerprint density at radius 1 is 1.19 bits per heavy atom. The fourth-order valence-electron chi connectivity index (χ4n) is 3.72. The van der Waals surface area contributed by atoms with E-state index in [1.165, 1.54) is 48.5 Å². The number of nitrogens with one attached hydrogen (secondary N) is 1. The molecule has 2 aromatic carbocycles. The number of nitro groups is 1. The molecule has 0 aromatic heterocycles. The number of nitrogens with zero attached hydrogens (tertiary/aromatic N) is 2. The van der Waals surface area contributed by atoms with E-state index >= 15 is 0 Å². The molecule has 2 amide bonds. The summed E-state index contributed by atoms with van der Waals surface area (Å²) in [6, 6.07) is 11.1. The number of benzene rings is 2. The highest BCUT2D eigenvalue weighted by molar-refractivity contribution is 7.81. The van der Waals surface area contributed by atoms with E-state index in [-0.39, 0.29) is 36.3 Å². The van der Waals surface area contributed by atoms with Crippen molar-refractivity contribution >= 4 is 42.0 Å². The molecule has 0 aliphatic carbocycles. The maximum Gasteiger partial charge on any atom is 0.408 e. The maximum atomic E-state index is 13.4. The van der Waals surface area contributed by atoms with Gasteiger partial charge in [-0.1, -0.05) is 18.2 Å². The first-order valence-electron chi connectivity index (χ1n) is 9.19. The fraction of sp³-hybridized carbons (Fsp3) is 0.250. The summed E-state index contributed by atoms with van der Waals surface area (Å²) in [4.78, 5) is 47.9. The van der Waals surface area contributed by atoms with Crippen LogP contribution in [-0.4, -0.2) is 55.3 Å². The molecule has 3 N–H and O–H groups in total. The van der Waals surface area contributed by atoms with Crippen molar-refractivity contribution in [3.8, 4) is 0 Å². The Morgan fingerprint density at radius 2 is 1.87 bits per heavy atom. The maximum absolute atomic E-state index is 13.4. The monoisotopic (exact) mass is 445 g/mol. The van der Waals surface area contributed by atoms with Crippen LogP contribution in [0.2, 0.25) is 0 Å². The fourth-order valence-corrected chi connectivity index (χ4v) is 4.19. The van der Waals surface area contributed by atoms with Gasteiger partial charge in [0.05, 0.1) is 10.5 Å². The van der Waals surface area contributed by atoms with Gasteiger partial charge in [-0.2, -0.15) is 12.6 Å². The molecule has 0 bridgehead atoms. The molecule has 0 radical (unpaired) electrons. The molecule has 1 fully saturated rings. The zero-order valence-electron chi connectivity index (χ0n) is 16.1. The molecule has 2 aromatic rings. The number of anilines is 1. The van der Waals surface area contributed by atoms with Gasteiger partial charge in [-0.3, -0.25) is 19.8 Å². The molecule has 1 aliphatic heterocycles. The molecule has 11 heteroatoms. The molecule has 31 heavy (non-hydrogen) atoms. The number of hydrogen-bond donors (Lipinski definition) is 4. The van der Waals surface area contributed by atoms with E-state index in [0.29, 0.717) is 5.56 Å². The van der Waals surface area contributed by atoms with E-state index in [2.05, 4.69) is 17.9 Å². The third kappa shape index (κ3) is 4.61. The van der Waals surface area contributed by atoms with Gasteiger partial charge in [-0.05, 0) is 30.2 Å². The lowest BCUT2D eigenvalue weighted by Gasteiger charge is -2.35. The van der Waals surface area contributed by atoms with Crippen molar-refractivity contribution in [3.63, 3.8) is 0 Å². The molecule has 2 atom stereocenters. The number of carbonyl (C=O) groups is 3. The summed E-state index contributed by atoms with van der Waals surface area (Å²) in [5, 5.41) is 32.0. The number of carboxylic acid groups (broad SMARTS) is 2. The number of hydrogen-bond acceptors (Lipinski definition) is 6. The number of likely N-dealkylation sites (tertiary alicyclic amines) is 1. The number of aromatic carboxylic acids is 1. The Labute approximate surface area is 182 Å². The highest BCUT2D eigenvalue weighted by atomic mass is 32.1. The molecule has 0 spiro atoms. The van der Waals surface area contributed by atoms with Crippen molar-refractivity contribution in [2.45, 2.75) is 23.6 Å². The van der Waals surface area contributed by atoms with Crippen LogP contribution in [0.1, 0.15) is 22.3 Å². The quantitative estimate of drug-likeness (QED) is 0.303. The van der Waals surface area contributed by atoms with Gasteiger partial charge in [-0.15, -0.1) is 0 Å². The van der Waals surface area contributed by atoms with Crippen LogP contribution in [0.3, 0.4) is 0 Å². The van der Waals surface area contributed by atoms with Crippen LogP contribution in [0, 0.1) is 10.1 Å². The molecule has 1 heterocycles. The largest absolute Gasteiger partial charge is 0.478 e. The Balaban J connectivity index is 1.97. The Kier molecular flexibility index (Phi) is 6.16. The van der Waals surface area contributed by atoms with Gasteiger partial charge in [0.1, 0.15) is 5.54 Å². The number of carboxylic acids is 1. The van der Waals surface area contributed by atoms with Gasteiger partial charge in [0.25, 0.3) is 11.6 Å². The smallest absolute Gasteiger partial charge is 0.408 e. The summed E-state index contributed by atoms with van der Waals surface area (Å²) in [5.74, 6) is -1.80. The van der Waals surface area contributed by atoms with Crippen molar-refractivity contribution in [1.29, 1.82) is 0 Å². The Morgan fingerprint density at radius 3 is 2.45 bits per heavy atom. The average Bonchev–Trinajstić information content (AvgIpc) is 3.06. The zero-order chi connectivity index (χ0) is 22.8. The second kappa shape index (κ2) is 8.64. The van der Waals surface area contributed by atoms with Crippen LogP contribution in [0.25, 0.3) is 0 Å². The molecular formula is C20H19N3O7S. The van der Waals surface area contributed by atoms with E-state index in [4.69, 9.17) is 5.11 Å². The number of carbonyl (C=O) groups excluding carboxylic acids is 1. The van der Waals surface area contributed by atoms with Crippen molar-refractivity contribution in [2.24, 2.45) is 0 Å². The number of rotatable bonds is 6. The van der Waals surface area contributed by atoms with Gasteiger partial charge < -0.3 is 15.5 Å². The second-order valence-corrected chi connectivity index (χ2v) is 7.95. The van der Waals surface area contributed by atoms with Gasteiger partial charge in [-0.25, -0.2) is 9.59 Å². The first-order chi connectivity index (χ1) is 14.6. The summed E-state index contributed by atoms with van der Waals surface area (Å²) in [6.07, 6.45) is -1.21. The van der Waals surface area contributed by atoms with Crippen molar-refractivity contribution in [1.82, 2.24) is 4.90 Å². The van der Waals surface area contributed by atoms with Crippen LogP contribution in [-0.2, 0) is 11.2 Å². The third-order valence-electron chi connectivity index (χ3n) is 5.15. The minimum atomic E-state index is -1.52. The highest BCUT2D eigenvalue weighted by Gasteiger charge is 2.52. The molecule has 0 saturated carbocycles. The number of amides is 2. The molecule has 162 valence electrons. The standard InChI is InChI=1S/C20H19N3O7S/c24-17(25)13-2-1-3-14(8-13)21-18(26)20(10-16(31)11-22(20)19(27)28)9-12-4-6-15(7-5-12)23(29)30/h1-8,16,31H,9-11H2,(H,21,26)(H,24,25)(H,27,28)/t16-,20-/m0/s1. The Hall–Kier alpha value is -3.60. The predicted octanol–water partition coefficient (Wildman–Crippen LogP) is 2.90. The van der Waals surface area contributed by atoms with Crippen molar-refractivity contribution in [2.75, 3.05) is 11.9 Å². The van der Waals surface area contributed by atoms with Gasteiger partial charge >= 0.3 is 12.1 Å². The lowest BCUT2D eigenvalue weighted by molar-refractivity contribution is -0.384. The van der Waals surface area contributed by atoms with E-state index < -0.39 is 33.7 Å². The molecule has 1 saturated heterocycles. The van der Waals surface area contributed by atoms with Gasteiger partial charge in [0, 0.05) is 36.0 Å². The van der Waals surface area contributed by atoms with Crippen LogP contribution < -0.4 is 5.32 Å². The summed E-state index contributed by atoms with van der Waals surface area (Å²) >= 11 is 4.38. The summed E-state index contributed by atoms with van der Waals surface area (Å²) in [6.45, 7) is 0.0218. The molecule has 3 rings (SSSR count). The van der Waals surface area contributed by atoms with E-state index in [1.54, 1.807) is 0 Å². The lowest BCUT2D eigenvalue weighted by Crippen LogP contribution is -2.56. The number of non-ortho nitro benzene ring substituents is 1. The van der Waals surface area contributed by atoms with Crippen LogP contribution in [0.4, 0.5) is 16.2 Å². The first-order valence-corrected chi connectivity index (χ1v) is 9.71. The molecular weight excluding hydrogens is 426 g/mol. The molecule has 0 unspecified atom stereocenters. The normalized spacial score (nSPS) is 20.3. The van der Waals surface area contributed by atoms with Crippen LogP contribution in [0.5, 0.6) is 0 Å². The molecule has 10 nitrogen and oxygen atoms in total. The second-order valence-electron chi connectivity index (χ2n) is 7.22. The first kappa shape index (κ1) is 22.1. The van der Waals surface area contributed by atoms with Crippen molar-refractivity contribution < 1.29 is 29.5 Å². The van der Waals surface area contributed by atoms with Crippen LogP contribution in [0.15, 0.2) is 48.5 Å². The minimum Gasteiger partial charge on any atom is -0.478 e.